The molecule has 1 aromatic carbocycles. The molecule has 0 aliphatic carbocycles. The minimum Gasteiger partial charge on any atom is -0.342 e. The molecule has 2 saturated heterocycles. The summed E-state index contributed by atoms with van der Waals surface area (Å²) in [6.45, 7) is 6.44. The normalized spacial score (nSPS) is 19.7. The summed E-state index contributed by atoms with van der Waals surface area (Å²) >= 11 is 0. The van der Waals surface area contributed by atoms with E-state index in [4.69, 9.17) is 0 Å². The fraction of sp³-hybridized carbons (Fsp3) is 0.652. The Balaban J connectivity index is 1.43. The highest BCUT2D eigenvalue weighted by Crippen LogP contribution is 2.30. The summed E-state index contributed by atoms with van der Waals surface area (Å²) in [5.41, 5.74) is 0.0451. The molecule has 0 radical (unpaired) electrons. The average Bonchev–Trinajstić information content (AvgIpc) is 3.03. The van der Waals surface area contributed by atoms with Crippen LogP contribution in [0.25, 0.3) is 0 Å². The van der Waals surface area contributed by atoms with Crippen molar-refractivity contribution in [2.75, 3.05) is 45.8 Å². The van der Waals surface area contributed by atoms with Crippen molar-refractivity contribution in [1.29, 1.82) is 0 Å². The van der Waals surface area contributed by atoms with Crippen molar-refractivity contribution in [2.45, 2.75) is 51.1 Å². The lowest BCUT2D eigenvalue weighted by Crippen LogP contribution is -2.51. The Morgan fingerprint density at radius 3 is 1.94 bits per heavy atom. The predicted molar refractivity (Wildman–Crippen MR) is 113 cm³/mol. The predicted octanol–water partition coefficient (Wildman–Crippen LogP) is 3.75. The molecule has 1 unspecified atom stereocenters. The zero-order valence-electron chi connectivity index (χ0n) is 18.2. The van der Waals surface area contributed by atoms with E-state index in [2.05, 4.69) is 4.90 Å². The van der Waals surface area contributed by atoms with Crippen LogP contribution in [0.4, 0.5) is 13.2 Å². The van der Waals surface area contributed by atoms with Gasteiger partial charge in [-0.3, -0.25) is 14.5 Å². The Morgan fingerprint density at radius 2 is 1.39 bits per heavy atom. The summed E-state index contributed by atoms with van der Waals surface area (Å²) in [7, 11) is 0. The first-order valence-corrected chi connectivity index (χ1v) is 11.2. The zero-order chi connectivity index (χ0) is 22.4. The standard InChI is InChI=1S/C23H32F3N3O2/c1-18(19-6-8-20(9-7-19)23(24,25)26)16-21(30)29-14-12-27(13-15-29)17-22(31)28-10-4-2-3-5-11-28/h6-9,18H,2-5,10-17H2,1H3. The summed E-state index contributed by atoms with van der Waals surface area (Å²) in [6.07, 6.45) is 0.436. The monoisotopic (exact) mass is 439 g/mol. The molecule has 3 rings (SSSR count). The van der Waals surface area contributed by atoms with E-state index in [1.165, 1.54) is 25.0 Å². The van der Waals surface area contributed by atoms with Gasteiger partial charge in [0.25, 0.3) is 0 Å². The first-order chi connectivity index (χ1) is 14.7. The zero-order valence-corrected chi connectivity index (χ0v) is 18.2. The van der Waals surface area contributed by atoms with Gasteiger partial charge in [0.1, 0.15) is 0 Å². The second kappa shape index (κ2) is 10.5. The van der Waals surface area contributed by atoms with E-state index in [-0.39, 0.29) is 24.2 Å². The number of rotatable bonds is 5. The number of carbonyl (C=O) groups is 2. The van der Waals surface area contributed by atoms with Gasteiger partial charge in [0.05, 0.1) is 12.1 Å². The molecular weight excluding hydrogens is 407 g/mol. The summed E-state index contributed by atoms with van der Waals surface area (Å²) in [5, 5.41) is 0. The van der Waals surface area contributed by atoms with Crippen LogP contribution in [-0.2, 0) is 15.8 Å². The van der Waals surface area contributed by atoms with Gasteiger partial charge < -0.3 is 9.80 Å². The van der Waals surface area contributed by atoms with E-state index in [0.717, 1.165) is 43.6 Å². The Kier molecular flexibility index (Phi) is 7.97. The molecule has 0 saturated carbocycles. The number of carbonyl (C=O) groups excluding carboxylic acids is 2. The van der Waals surface area contributed by atoms with Crippen molar-refractivity contribution >= 4 is 11.8 Å². The first-order valence-electron chi connectivity index (χ1n) is 11.2. The number of amides is 2. The first kappa shape index (κ1) is 23.6. The number of nitrogens with zero attached hydrogens (tertiary/aromatic N) is 3. The molecule has 31 heavy (non-hydrogen) atoms. The minimum atomic E-state index is -4.36. The van der Waals surface area contributed by atoms with E-state index >= 15 is 0 Å². The van der Waals surface area contributed by atoms with Crippen LogP contribution in [0.15, 0.2) is 24.3 Å². The molecule has 2 aliphatic heterocycles. The van der Waals surface area contributed by atoms with Gasteiger partial charge in [-0.25, -0.2) is 0 Å². The topological polar surface area (TPSA) is 43.9 Å². The third-order valence-corrected chi connectivity index (χ3v) is 6.33. The van der Waals surface area contributed by atoms with Gasteiger partial charge in [-0.15, -0.1) is 0 Å². The number of alkyl halides is 3. The van der Waals surface area contributed by atoms with Crippen LogP contribution in [0.5, 0.6) is 0 Å². The van der Waals surface area contributed by atoms with Crippen molar-refractivity contribution < 1.29 is 22.8 Å². The van der Waals surface area contributed by atoms with Crippen molar-refractivity contribution in [2.24, 2.45) is 0 Å². The number of halogens is 3. The molecule has 8 heteroatoms. The highest BCUT2D eigenvalue weighted by Gasteiger charge is 2.30. The molecule has 1 atom stereocenters. The molecule has 1 aromatic rings. The van der Waals surface area contributed by atoms with Crippen molar-refractivity contribution in [3.05, 3.63) is 35.4 Å². The number of hydrogen-bond donors (Lipinski definition) is 0. The van der Waals surface area contributed by atoms with Gasteiger partial charge in [0, 0.05) is 45.7 Å². The number of piperazine rings is 1. The Labute approximate surface area is 182 Å². The molecule has 172 valence electrons. The van der Waals surface area contributed by atoms with E-state index in [0.29, 0.717) is 32.7 Å². The number of likely N-dealkylation sites (tertiary alicyclic amines) is 1. The molecule has 2 aliphatic rings. The maximum atomic E-state index is 12.7. The third-order valence-electron chi connectivity index (χ3n) is 6.33. The van der Waals surface area contributed by atoms with Crippen LogP contribution >= 0.6 is 0 Å². The largest absolute Gasteiger partial charge is 0.416 e. The highest BCUT2D eigenvalue weighted by atomic mass is 19.4. The Morgan fingerprint density at radius 1 is 0.839 bits per heavy atom. The molecule has 5 nitrogen and oxygen atoms in total. The van der Waals surface area contributed by atoms with Gasteiger partial charge >= 0.3 is 6.18 Å². The van der Waals surface area contributed by atoms with E-state index in [1.54, 1.807) is 4.90 Å². The van der Waals surface area contributed by atoms with Gasteiger partial charge in [0.15, 0.2) is 0 Å². The smallest absolute Gasteiger partial charge is 0.342 e. The average molecular weight is 440 g/mol. The van der Waals surface area contributed by atoms with Crippen LogP contribution < -0.4 is 0 Å². The van der Waals surface area contributed by atoms with E-state index < -0.39 is 11.7 Å². The Hall–Kier alpha value is -2.09. The van der Waals surface area contributed by atoms with Crippen LogP contribution in [-0.4, -0.2) is 72.3 Å². The fourth-order valence-electron chi connectivity index (χ4n) is 4.28. The quantitative estimate of drug-likeness (QED) is 0.702. The molecule has 2 heterocycles. The maximum Gasteiger partial charge on any atom is 0.416 e. The van der Waals surface area contributed by atoms with E-state index in [1.807, 2.05) is 11.8 Å². The lowest BCUT2D eigenvalue weighted by molar-refractivity contribution is -0.138. The van der Waals surface area contributed by atoms with Crippen LogP contribution in [0.3, 0.4) is 0 Å². The second-order valence-electron chi connectivity index (χ2n) is 8.68. The summed E-state index contributed by atoms with van der Waals surface area (Å²) in [6, 6.07) is 5.03. The third kappa shape index (κ3) is 6.69. The summed E-state index contributed by atoms with van der Waals surface area (Å²) in [5.74, 6) is 0.0286. The number of benzene rings is 1. The molecule has 0 N–H and O–H groups in total. The molecule has 2 amide bonds. The van der Waals surface area contributed by atoms with Gasteiger partial charge in [-0.05, 0) is 36.5 Å². The van der Waals surface area contributed by atoms with Crippen molar-refractivity contribution in [3.63, 3.8) is 0 Å². The van der Waals surface area contributed by atoms with Crippen molar-refractivity contribution in [3.8, 4) is 0 Å². The summed E-state index contributed by atoms with van der Waals surface area (Å²) in [4.78, 5) is 31.1. The minimum absolute atomic E-state index is 0.00546. The lowest BCUT2D eigenvalue weighted by atomic mass is 9.96. The van der Waals surface area contributed by atoms with Gasteiger partial charge in [0.2, 0.25) is 11.8 Å². The molecule has 2 fully saturated rings. The summed E-state index contributed by atoms with van der Waals surface area (Å²) < 4.78 is 38.2. The fourth-order valence-corrected chi connectivity index (χ4v) is 4.28. The Bertz CT molecular complexity index is 735. The van der Waals surface area contributed by atoms with Crippen LogP contribution in [0.1, 0.15) is 56.1 Å². The maximum absolute atomic E-state index is 12.7. The molecular formula is C23H32F3N3O2. The van der Waals surface area contributed by atoms with Crippen LogP contribution in [0, 0.1) is 0 Å². The van der Waals surface area contributed by atoms with Crippen molar-refractivity contribution in [1.82, 2.24) is 14.7 Å². The van der Waals surface area contributed by atoms with Gasteiger partial charge in [-0.2, -0.15) is 13.2 Å². The SMILES string of the molecule is CC(CC(=O)N1CCN(CC(=O)N2CCCCCC2)CC1)c1ccc(C(F)(F)F)cc1. The van der Waals surface area contributed by atoms with E-state index in [9.17, 15) is 22.8 Å². The van der Waals surface area contributed by atoms with Crippen LogP contribution in [0.2, 0.25) is 0 Å². The number of hydrogen-bond acceptors (Lipinski definition) is 3. The molecule has 0 spiro atoms. The lowest BCUT2D eigenvalue weighted by Gasteiger charge is -2.35. The molecule has 0 bridgehead atoms. The second-order valence-corrected chi connectivity index (χ2v) is 8.68. The van der Waals surface area contributed by atoms with Gasteiger partial charge in [-0.1, -0.05) is 31.9 Å². The molecule has 0 aromatic heterocycles. The highest BCUT2D eigenvalue weighted by molar-refractivity contribution is 5.79.